The van der Waals surface area contributed by atoms with Crippen molar-refractivity contribution in [2.45, 2.75) is 13.0 Å². The fraction of sp³-hybridized carbons (Fsp3) is 0.0741. The number of ketones is 1. The normalized spacial score (nSPS) is 15.9. The van der Waals surface area contributed by atoms with Crippen LogP contribution in [0.2, 0.25) is 0 Å². The highest BCUT2D eigenvalue weighted by atomic mass is 79.9. The van der Waals surface area contributed by atoms with Crippen molar-refractivity contribution >= 4 is 65.3 Å². The molecule has 0 radical (unpaired) electrons. The van der Waals surface area contributed by atoms with E-state index in [2.05, 4.69) is 20.9 Å². The van der Waals surface area contributed by atoms with E-state index in [0.29, 0.717) is 22.6 Å². The molecule has 37 heavy (non-hydrogen) atoms. The van der Waals surface area contributed by atoms with Crippen LogP contribution in [0.3, 0.4) is 0 Å². The Morgan fingerprint density at radius 3 is 2.73 bits per heavy atom. The molecule has 6 rings (SSSR count). The molecule has 0 bridgehead atoms. The number of aliphatic hydroxyl groups excluding tert-OH is 1. The summed E-state index contributed by atoms with van der Waals surface area (Å²) >= 11 is 4.27. The fourth-order valence-corrected chi connectivity index (χ4v) is 5.91. The van der Waals surface area contributed by atoms with Gasteiger partial charge in [0.05, 0.1) is 16.3 Å². The number of nitrogens with zero attached hydrogens (tertiary/aromatic N) is 2. The molecule has 2 aromatic heterocycles. The second-order valence-electron chi connectivity index (χ2n) is 8.61. The van der Waals surface area contributed by atoms with Crippen molar-refractivity contribution in [3.63, 3.8) is 0 Å². The van der Waals surface area contributed by atoms with Gasteiger partial charge in [-0.05, 0) is 42.8 Å². The van der Waals surface area contributed by atoms with Gasteiger partial charge in [0.2, 0.25) is 5.78 Å². The second-order valence-corrected chi connectivity index (χ2v) is 10.5. The van der Waals surface area contributed by atoms with E-state index in [1.165, 1.54) is 0 Å². The third-order valence-electron chi connectivity index (χ3n) is 6.12. The molecular formula is C27H15BrF2N2O4S. The summed E-state index contributed by atoms with van der Waals surface area (Å²) in [6.45, 7) is 1.85. The molecule has 1 unspecified atom stereocenters. The SMILES string of the molecule is Cc1cccc(C2C(C(=O)c3cc4cc(Br)ccc4o3)=C(O)C(=O)N2c2nc3c(F)cc(F)cc3s2)c1. The molecule has 5 aromatic rings. The Morgan fingerprint density at radius 2 is 1.95 bits per heavy atom. The van der Waals surface area contributed by atoms with Gasteiger partial charge in [-0.1, -0.05) is 57.1 Å². The molecule has 0 saturated heterocycles. The molecule has 3 aromatic carbocycles. The van der Waals surface area contributed by atoms with Gasteiger partial charge in [-0.2, -0.15) is 0 Å². The number of Topliss-reactive ketones (excluding diaryl/α,β-unsaturated/α-hetero) is 1. The number of aryl methyl sites for hydroxylation is 1. The first-order valence-corrected chi connectivity index (χ1v) is 12.6. The summed E-state index contributed by atoms with van der Waals surface area (Å²) in [5.74, 6) is -4.03. The molecule has 1 N–H and O–H groups in total. The number of rotatable bonds is 4. The van der Waals surface area contributed by atoms with Gasteiger partial charge >= 0.3 is 0 Å². The van der Waals surface area contributed by atoms with Crippen molar-refractivity contribution in [3.8, 4) is 0 Å². The zero-order chi connectivity index (χ0) is 26.0. The van der Waals surface area contributed by atoms with Crippen LogP contribution in [0.1, 0.15) is 27.7 Å². The topological polar surface area (TPSA) is 83.6 Å². The van der Waals surface area contributed by atoms with E-state index >= 15 is 0 Å². The van der Waals surface area contributed by atoms with Crippen molar-refractivity contribution in [2.75, 3.05) is 4.90 Å². The number of furan rings is 1. The van der Waals surface area contributed by atoms with Crippen LogP contribution in [-0.4, -0.2) is 21.8 Å². The smallest absolute Gasteiger partial charge is 0.296 e. The van der Waals surface area contributed by atoms with Gasteiger partial charge in [-0.15, -0.1) is 0 Å². The summed E-state index contributed by atoms with van der Waals surface area (Å²) in [5.41, 5.74) is 1.54. The third kappa shape index (κ3) is 3.84. The van der Waals surface area contributed by atoms with Gasteiger partial charge in [-0.3, -0.25) is 14.5 Å². The number of carbonyl (C=O) groups is 2. The molecule has 0 saturated carbocycles. The van der Waals surface area contributed by atoms with Crippen molar-refractivity contribution in [2.24, 2.45) is 0 Å². The number of hydrogen-bond donors (Lipinski definition) is 1. The van der Waals surface area contributed by atoms with E-state index in [1.807, 2.05) is 13.0 Å². The average Bonchev–Trinajstić information content (AvgIpc) is 3.53. The summed E-state index contributed by atoms with van der Waals surface area (Å²) in [6.07, 6.45) is 0. The lowest BCUT2D eigenvalue weighted by atomic mass is 9.94. The van der Waals surface area contributed by atoms with Crippen molar-refractivity contribution in [1.82, 2.24) is 4.98 Å². The summed E-state index contributed by atoms with van der Waals surface area (Å²) < 4.78 is 35.0. The number of amides is 1. The van der Waals surface area contributed by atoms with Gasteiger partial charge in [-0.25, -0.2) is 13.8 Å². The van der Waals surface area contributed by atoms with Gasteiger partial charge in [0.15, 0.2) is 22.5 Å². The highest BCUT2D eigenvalue weighted by Crippen LogP contribution is 2.45. The number of halogens is 3. The molecular weight excluding hydrogens is 566 g/mol. The largest absolute Gasteiger partial charge is 0.503 e. The number of thiazole rings is 1. The molecule has 0 spiro atoms. The van der Waals surface area contributed by atoms with Gasteiger partial charge in [0.1, 0.15) is 16.9 Å². The summed E-state index contributed by atoms with van der Waals surface area (Å²) in [7, 11) is 0. The van der Waals surface area contributed by atoms with Crippen LogP contribution in [-0.2, 0) is 4.79 Å². The van der Waals surface area contributed by atoms with E-state index < -0.39 is 35.1 Å². The Bertz CT molecular complexity index is 1810. The van der Waals surface area contributed by atoms with Crippen molar-refractivity contribution < 1.29 is 27.9 Å². The van der Waals surface area contributed by atoms with Crippen LogP contribution in [0, 0.1) is 18.6 Å². The Morgan fingerprint density at radius 1 is 1.14 bits per heavy atom. The Kier molecular flexibility index (Phi) is 5.46. The molecule has 184 valence electrons. The average molecular weight is 581 g/mol. The number of carbonyl (C=O) groups excluding carboxylic acids is 2. The quantitative estimate of drug-likeness (QED) is 0.228. The highest BCUT2D eigenvalue weighted by molar-refractivity contribution is 9.10. The summed E-state index contributed by atoms with van der Waals surface area (Å²) in [6, 6.07) is 14.6. The van der Waals surface area contributed by atoms with Crippen molar-refractivity contribution in [1.29, 1.82) is 0 Å². The highest BCUT2D eigenvalue weighted by Gasteiger charge is 2.46. The first-order valence-electron chi connectivity index (χ1n) is 11.0. The Balaban J connectivity index is 1.52. The van der Waals surface area contributed by atoms with E-state index in [1.54, 1.807) is 42.5 Å². The number of aromatic nitrogens is 1. The zero-order valence-electron chi connectivity index (χ0n) is 19.0. The zero-order valence-corrected chi connectivity index (χ0v) is 21.4. The fourth-order valence-electron chi connectivity index (χ4n) is 4.50. The number of aliphatic hydroxyl groups is 1. The predicted molar refractivity (Wildman–Crippen MR) is 139 cm³/mol. The standard InChI is InChI=1S/C27H15BrF2N2O4S/c1-12-3-2-4-13(7-12)23-21(24(33)19-9-14-8-15(28)5-6-18(14)36-19)25(34)26(35)32(23)27-31-22-17(30)10-16(29)11-20(22)37-27/h2-11,23,34H,1H3. The van der Waals surface area contributed by atoms with E-state index in [4.69, 9.17) is 4.42 Å². The van der Waals surface area contributed by atoms with Crippen LogP contribution >= 0.6 is 27.3 Å². The number of benzene rings is 3. The molecule has 0 aliphatic carbocycles. The first kappa shape index (κ1) is 23.5. The van der Waals surface area contributed by atoms with E-state index in [-0.39, 0.29) is 26.7 Å². The van der Waals surface area contributed by atoms with Crippen LogP contribution < -0.4 is 4.90 Å². The maximum Gasteiger partial charge on any atom is 0.296 e. The summed E-state index contributed by atoms with van der Waals surface area (Å²) in [5, 5.41) is 11.7. The van der Waals surface area contributed by atoms with Crippen LogP contribution in [0.5, 0.6) is 0 Å². The maximum atomic E-state index is 14.4. The Labute approximate surface area is 220 Å². The second kappa shape index (κ2) is 8.60. The number of fused-ring (bicyclic) bond motifs is 2. The van der Waals surface area contributed by atoms with Crippen molar-refractivity contribution in [3.05, 3.63) is 105 Å². The molecule has 3 heterocycles. The maximum absolute atomic E-state index is 14.4. The lowest BCUT2D eigenvalue weighted by molar-refractivity contribution is -0.117. The van der Waals surface area contributed by atoms with E-state index in [0.717, 1.165) is 32.3 Å². The lowest BCUT2D eigenvalue weighted by Crippen LogP contribution is -2.31. The predicted octanol–water partition coefficient (Wildman–Crippen LogP) is 7.17. The van der Waals surface area contributed by atoms with Crippen LogP contribution in [0.4, 0.5) is 13.9 Å². The molecule has 1 amide bonds. The summed E-state index contributed by atoms with van der Waals surface area (Å²) in [4.78, 5) is 32.5. The number of anilines is 1. The molecule has 6 nitrogen and oxygen atoms in total. The number of hydrogen-bond acceptors (Lipinski definition) is 6. The van der Waals surface area contributed by atoms with E-state index in [9.17, 15) is 23.5 Å². The molecule has 0 fully saturated rings. The van der Waals surface area contributed by atoms with Gasteiger partial charge < -0.3 is 9.52 Å². The minimum Gasteiger partial charge on any atom is -0.503 e. The minimum absolute atomic E-state index is 0.0129. The molecule has 1 aliphatic heterocycles. The van der Waals surface area contributed by atoms with Gasteiger partial charge in [0, 0.05) is 15.9 Å². The lowest BCUT2D eigenvalue weighted by Gasteiger charge is -2.24. The molecule has 1 aliphatic rings. The van der Waals surface area contributed by atoms with Crippen LogP contribution in [0.25, 0.3) is 21.2 Å². The van der Waals surface area contributed by atoms with Crippen LogP contribution in [0.15, 0.2) is 80.9 Å². The molecule has 10 heteroatoms. The first-order chi connectivity index (χ1) is 17.7. The minimum atomic E-state index is -1.08. The molecule has 1 atom stereocenters. The van der Waals surface area contributed by atoms with Gasteiger partial charge in [0.25, 0.3) is 5.91 Å². The monoisotopic (exact) mass is 580 g/mol. The third-order valence-corrected chi connectivity index (χ3v) is 7.62. The Hall–Kier alpha value is -3.89.